The van der Waals surface area contributed by atoms with Crippen molar-refractivity contribution in [1.82, 2.24) is 9.97 Å². The Hall–Kier alpha value is -0.830. The minimum atomic E-state index is 0.490. The van der Waals surface area contributed by atoms with Gasteiger partial charge in [0.05, 0.1) is 0 Å². The molecule has 0 radical (unpaired) electrons. The predicted molar refractivity (Wildman–Crippen MR) is 57.5 cm³/mol. The van der Waals surface area contributed by atoms with E-state index in [9.17, 15) is 0 Å². The van der Waals surface area contributed by atoms with Gasteiger partial charge in [-0.1, -0.05) is 24.4 Å². The highest BCUT2D eigenvalue weighted by Crippen LogP contribution is 2.33. The standard InChI is InChI=1S/C10H14ClN3/c11-9-6-10(14-7-13-9)12-5-1-2-8-3-4-8/h6-8H,1-5H2,(H,12,13,14). The van der Waals surface area contributed by atoms with Gasteiger partial charge in [0.1, 0.15) is 17.3 Å². The van der Waals surface area contributed by atoms with Gasteiger partial charge >= 0.3 is 0 Å². The molecule has 76 valence electrons. The molecule has 1 aliphatic rings. The largest absolute Gasteiger partial charge is 0.370 e. The van der Waals surface area contributed by atoms with Gasteiger partial charge in [0.25, 0.3) is 0 Å². The second-order valence-corrected chi connectivity index (χ2v) is 4.13. The molecule has 0 amide bonds. The lowest BCUT2D eigenvalue weighted by atomic mass is 10.2. The lowest BCUT2D eigenvalue weighted by Gasteiger charge is -2.04. The summed E-state index contributed by atoms with van der Waals surface area (Å²) in [4.78, 5) is 7.89. The first-order valence-electron chi connectivity index (χ1n) is 5.06. The van der Waals surface area contributed by atoms with Gasteiger partial charge in [-0.2, -0.15) is 0 Å². The van der Waals surface area contributed by atoms with Crippen molar-refractivity contribution in [2.24, 2.45) is 5.92 Å². The molecule has 0 aromatic carbocycles. The third kappa shape index (κ3) is 3.14. The smallest absolute Gasteiger partial charge is 0.134 e. The van der Waals surface area contributed by atoms with Crippen molar-refractivity contribution >= 4 is 17.4 Å². The molecule has 0 atom stereocenters. The second kappa shape index (κ2) is 4.60. The van der Waals surface area contributed by atoms with Crippen LogP contribution in [0.4, 0.5) is 5.82 Å². The highest BCUT2D eigenvalue weighted by Gasteiger charge is 2.19. The molecule has 1 fully saturated rings. The van der Waals surface area contributed by atoms with Crippen molar-refractivity contribution in [2.45, 2.75) is 25.7 Å². The third-order valence-electron chi connectivity index (χ3n) is 2.43. The zero-order chi connectivity index (χ0) is 9.80. The summed E-state index contributed by atoms with van der Waals surface area (Å²) in [5, 5.41) is 3.72. The molecule has 1 N–H and O–H groups in total. The van der Waals surface area contributed by atoms with Gasteiger partial charge in [0, 0.05) is 12.6 Å². The van der Waals surface area contributed by atoms with E-state index >= 15 is 0 Å². The van der Waals surface area contributed by atoms with E-state index in [-0.39, 0.29) is 0 Å². The summed E-state index contributed by atoms with van der Waals surface area (Å²) in [6.45, 7) is 0.976. The fourth-order valence-corrected chi connectivity index (χ4v) is 1.59. The van der Waals surface area contributed by atoms with Crippen molar-refractivity contribution < 1.29 is 0 Å². The van der Waals surface area contributed by atoms with E-state index in [0.717, 1.165) is 18.3 Å². The minimum absolute atomic E-state index is 0.490. The maximum absolute atomic E-state index is 5.73. The van der Waals surface area contributed by atoms with E-state index in [1.54, 1.807) is 6.07 Å². The van der Waals surface area contributed by atoms with Crippen LogP contribution >= 0.6 is 11.6 Å². The molecule has 1 saturated carbocycles. The second-order valence-electron chi connectivity index (χ2n) is 3.74. The summed E-state index contributed by atoms with van der Waals surface area (Å²) < 4.78 is 0. The Balaban J connectivity index is 1.68. The van der Waals surface area contributed by atoms with E-state index in [1.807, 2.05) is 0 Å². The summed E-state index contributed by atoms with van der Waals surface area (Å²) >= 11 is 5.73. The van der Waals surface area contributed by atoms with E-state index in [1.165, 1.54) is 32.0 Å². The molecule has 0 unspecified atom stereocenters. The fraction of sp³-hybridized carbons (Fsp3) is 0.600. The van der Waals surface area contributed by atoms with Crippen LogP contribution in [-0.2, 0) is 0 Å². The van der Waals surface area contributed by atoms with Crippen LogP contribution in [0.3, 0.4) is 0 Å². The molecule has 14 heavy (non-hydrogen) atoms. The molecule has 0 saturated heterocycles. The maximum Gasteiger partial charge on any atom is 0.134 e. The van der Waals surface area contributed by atoms with E-state index < -0.39 is 0 Å². The molecule has 0 bridgehead atoms. The van der Waals surface area contributed by atoms with Crippen molar-refractivity contribution in [1.29, 1.82) is 0 Å². The lowest BCUT2D eigenvalue weighted by Crippen LogP contribution is -2.03. The average Bonchev–Trinajstić information content (AvgIpc) is 2.96. The first kappa shape index (κ1) is 9.71. The normalized spacial score (nSPS) is 15.5. The SMILES string of the molecule is Clc1cc(NCCCC2CC2)ncn1. The summed E-state index contributed by atoms with van der Waals surface area (Å²) in [7, 11) is 0. The molecule has 4 heteroatoms. The molecule has 1 aromatic heterocycles. The highest BCUT2D eigenvalue weighted by molar-refractivity contribution is 6.29. The van der Waals surface area contributed by atoms with Gasteiger partial charge in [0.2, 0.25) is 0 Å². The molecule has 1 aliphatic carbocycles. The summed E-state index contributed by atoms with van der Waals surface area (Å²) in [6, 6.07) is 1.75. The van der Waals surface area contributed by atoms with Gasteiger partial charge in [-0.05, 0) is 18.8 Å². The van der Waals surface area contributed by atoms with Crippen LogP contribution in [-0.4, -0.2) is 16.5 Å². The van der Waals surface area contributed by atoms with Crippen LogP contribution < -0.4 is 5.32 Å². The number of nitrogens with zero attached hydrogens (tertiary/aromatic N) is 2. The van der Waals surface area contributed by atoms with E-state index in [4.69, 9.17) is 11.6 Å². The minimum Gasteiger partial charge on any atom is -0.370 e. The first-order chi connectivity index (χ1) is 6.84. The van der Waals surface area contributed by atoms with Crippen LogP contribution in [0.25, 0.3) is 0 Å². The summed E-state index contributed by atoms with van der Waals surface area (Å²) in [5.74, 6) is 1.83. The Morgan fingerprint density at radius 2 is 2.29 bits per heavy atom. The molecule has 0 aliphatic heterocycles. The summed E-state index contributed by atoms with van der Waals surface area (Å²) in [6.07, 6.45) is 6.89. The zero-order valence-corrected chi connectivity index (χ0v) is 8.80. The van der Waals surface area contributed by atoms with Crippen molar-refractivity contribution in [3.05, 3.63) is 17.5 Å². The Kier molecular flexibility index (Phi) is 3.19. The van der Waals surface area contributed by atoms with E-state index in [2.05, 4.69) is 15.3 Å². The van der Waals surface area contributed by atoms with Crippen LogP contribution in [0.5, 0.6) is 0 Å². The number of hydrogen-bond donors (Lipinski definition) is 1. The maximum atomic E-state index is 5.73. The van der Waals surface area contributed by atoms with Crippen LogP contribution in [0.2, 0.25) is 5.15 Å². The van der Waals surface area contributed by atoms with E-state index in [0.29, 0.717) is 5.15 Å². The molecule has 1 heterocycles. The molecular formula is C10H14ClN3. The number of anilines is 1. The Labute approximate surface area is 88.9 Å². The third-order valence-corrected chi connectivity index (χ3v) is 2.63. The van der Waals surface area contributed by atoms with Crippen LogP contribution in [0.15, 0.2) is 12.4 Å². The zero-order valence-electron chi connectivity index (χ0n) is 8.04. The van der Waals surface area contributed by atoms with Crippen molar-refractivity contribution in [3.8, 4) is 0 Å². The average molecular weight is 212 g/mol. The highest BCUT2D eigenvalue weighted by atomic mass is 35.5. The van der Waals surface area contributed by atoms with Crippen molar-refractivity contribution in [2.75, 3.05) is 11.9 Å². The molecule has 3 nitrogen and oxygen atoms in total. The van der Waals surface area contributed by atoms with Gasteiger partial charge in [0.15, 0.2) is 0 Å². The lowest BCUT2D eigenvalue weighted by molar-refractivity contribution is 0.686. The molecule has 2 rings (SSSR count). The van der Waals surface area contributed by atoms with Gasteiger partial charge < -0.3 is 5.32 Å². The number of nitrogens with one attached hydrogen (secondary N) is 1. The Morgan fingerprint density at radius 1 is 1.43 bits per heavy atom. The fourth-order valence-electron chi connectivity index (χ4n) is 1.44. The number of aromatic nitrogens is 2. The monoisotopic (exact) mass is 211 g/mol. The Bertz CT molecular complexity index is 299. The molecular weight excluding hydrogens is 198 g/mol. The van der Waals surface area contributed by atoms with Crippen LogP contribution in [0.1, 0.15) is 25.7 Å². The van der Waals surface area contributed by atoms with Crippen LogP contribution in [0, 0.1) is 5.92 Å². The topological polar surface area (TPSA) is 37.8 Å². The molecule has 1 aromatic rings. The summed E-state index contributed by atoms with van der Waals surface area (Å²) in [5.41, 5.74) is 0. The Morgan fingerprint density at radius 3 is 3.00 bits per heavy atom. The number of halogens is 1. The van der Waals surface area contributed by atoms with Crippen molar-refractivity contribution in [3.63, 3.8) is 0 Å². The predicted octanol–water partition coefficient (Wildman–Crippen LogP) is 2.73. The number of rotatable bonds is 5. The van der Waals surface area contributed by atoms with Gasteiger partial charge in [-0.25, -0.2) is 9.97 Å². The number of hydrogen-bond acceptors (Lipinski definition) is 3. The quantitative estimate of drug-likeness (QED) is 0.601. The van der Waals surface area contributed by atoms with Gasteiger partial charge in [-0.15, -0.1) is 0 Å². The first-order valence-corrected chi connectivity index (χ1v) is 5.44. The van der Waals surface area contributed by atoms with Gasteiger partial charge in [-0.3, -0.25) is 0 Å². The molecule has 0 spiro atoms.